The zero-order valence-electron chi connectivity index (χ0n) is 9.35. The Morgan fingerprint density at radius 3 is 2.24 bits per heavy atom. The van der Waals surface area contributed by atoms with Gasteiger partial charge in [0.1, 0.15) is 0 Å². The summed E-state index contributed by atoms with van der Waals surface area (Å²) in [5, 5.41) is 0. The first kappa shape index (κ1) is 13.6. The lowest BCUT2D eigenvalue weighted by Crippen LogP contribution is -2.04. The van der Waals surface area contributed by atoms with Crippen LogP contribution >= 0.6 is 0 Å². The molecule has 1 aromatic rings. The van der Waals surface area contributed by atoms with Crippen LogP contribution in [0, 0.1) is 11.8 Å². The number of halogens is 3. The summed E-state index contributed by atoms with van der Waals surface area (Å²) in [5.41, 5.74) is 5.28. The van der Waals surface area contributed by atoms with E-state index in [9.17, 15) is 13.2 Å². The van der Waals surface area contributed by atoms with Crippen LogP contribution in [0.15, 0.2) is 24.3 Å². The van der Waals surface area contributed by atoms with Crippen LogP contribution < -0.4 is 5.73 Å². The van der Waals surface area contributed by atoms with Crippen molar-refractivity contribution in [2.75, 3.05) is 6.54 Å². The van der Waals surface area contributed by atoms with E-state index in [1.165, 1.54) is 12.1 Å². The average Bonchev–Trinajstić information content (AvgIpc) is 2.28. The van der Waals surface area contributed by atoms with Crippen molar-refractivity contribution >= 4 is 0 Å². The molecule has 0 unspecified atom stereocenters. The number of nitrogens with two attached hydrogens (primary N) is 1. The third-order valence-electron chi connectivity index (χ3n) is 2.20. The highest BCUT2D eigenvalue weighted by molar-refractivity contribution is 5.36. The Hall–Kier alpha value is -1.47. The van der Waals surface area contributed by atoms with Crippen LogP contribution in [-0.4, -0.2) is 6.54 Å². The molecule has 17 heavy (non-hydrogen) atoms. The van der Waals surface area contributed by atoms with Gasteiger partial charge in [-0.1, -0.05) is 11.8 Å². The molecule has 4 heteroatoms. The van der Waals surface area contributed by atoms with Crippen LogP contribution in [0.5, 0.6) is 0 Å². The van der Waals surface area contributed by atoms with Crippen LogP contribution in [0.3, 0.4) is 0 Å². The first-order chi connectivity index (χ1) is 8.04. The van der Waals surface area contributed by atoms with Crippen molar-refractivity contribution in [2.45, 2.75) is 25.4 Å². The molecular formula is C13H14F3N. The summed E-state index contributed by atoms with van der Waals surface area (Å²) in [6.07, 6.45) is -1.73. The molecule has 0 saturated carbocycles. The summed E-state index contributed by atoms with van der Waals surface area (Å²) in [6, 6.07) is 4.87. The summed E-state index contributed by atoms with van der Waals surface area (Å²) in [4.78, 5) is 0. The highest BCUT2D eigenvalue weighted by Gasteiger charge is 2.29. The van der Waals surface area contributed by atoms with Crippen molar-refractivity contribution < 1.29 is 13.2 Å². The van der Waals surface area contributed by atoms with Crippen molar-refractivity contribution in [3.05, 3.63) is 35.4 Å². The number of alkyl halides is 3. The van der Waals surface area contributed by atoms with Crippen LogP contribution in [0.1, 0.15) is 30.4 Å². The van der Waals surface area contributed by atoms with Gasteiger partial charge >= 0.3 is 6.18 Å². The van der Waals surface area contributed by atoms with E-state index in [0.29, 0.717) is 12.1 Å². The monoisotopic (exact) mass is 241 g/mol. The van der Waals surface area contributed by atoms with E-state index < -0.39 is 11.7 Å². The van der Waals surface area contributed by atoms with Gasteiger partial charge in [0.2, 0.25) is 0 Å². The highest BCUT2D eigenvalue weighted by Crippen LogP contribution is 2.28. The van der Waals surface area contributed by atoms with E-state index in [1.54, 1.807) is 0 Å². The second kappa shape index (κ2) is 6.31. The molecule has 0 aromatic heterocycles. The van der Waals surface area contributed by atoms with Gasteiger partial charge in [0.25, 0.3) is 0 Å². The predicted molar refractivity (Wildman–Crippen MR) is 61.2 cm³/mol. The average molecular weight is 241 g/mol. The molecule has 0 heterocycles. The number of unbranched alkanes of at least 4 members (excludes halogenated alkanes) is 2. The zero-order valence-corrected chi connectivity index (χ0v) is 9.35. The largest absolute Gasteiger partial charge is 0.416 e. The lowest BCUT2D eigenvalue weighted by Gasteiger charge is -2.05. The number of benzene rings is 1. The SMILES string of the molecule is NCCCCC#Cc1ccc(C(F)(F)F)cc1. The lowest BCUT2D eigenvalue weighted by atomic mass is 10.1. The Morgan fingerprint density at radius 1 is 1.06 bits per heavy atom. The Balaban J connectivity index is 2.56. The van der Waals surface area contributed by atoms with Crippen molar-refractivity contribution in [3.63, 3.8) is 0 Å². The molecule has 0 radical (unpaired) electrons. The zero-order chi connectivity index (χ0) is 12.7. The minimum absolute atomic E-state index is 0.603. The van der Waals surface area contributed by atoms with Crippen molar-refractivity contribution in [1.82, 2.24) is 0 Å². The third kappa shape index (κ3) is 4.92. The van der Waals surface area contributed by atoms with Gasteiger partial charge in [-0.05, 0) is 43.7 Å². The Bertz CT molecular complexity index is 395. The van der Waals surface area contributed by atoms with E-state index in [-0.39, 0.29) is 0 Å². The minimum Gasteiger partial charge on any atom is -0.330 e. The first-order valence-corrected chi connectivity index (χ1v) is 5.40. The fourth-order valence-electron chi connectivity index (χ4n) is 1.26. The van der Waals surface area contributed by atoms with E-state index in [2.05, 4.69) is 11.8 Å². The van der Waals surface area contributed by atoms with Gasteiger partial charge in [0.05, 0.1) is 5.56 Å². The van der Waals surface area contributed by atoms with Crippen LogP contribution in [0.2, 0.25) is 0 Å². The van der Waals surface area contributed by atoms with Gasteiger partial charge in [0.15, 0.2) is 0 Å². The molecule has 0 fully saturated rings. The molecule has 0 bridgehead atoms. The molecule has 0 spiro atoms. The van der Waals surface area contributed by atoms with Gasteiger partial charge in [-0.25, -0.2) is 0 Å². The Kier molecular flexibility index (Phi) is 5.05. The summed E-state index contributed by atoms with van der Waals surface area (Å²) < 4.78 is 36.8. The molecule has 1 aromatic carbocycles. The van der Waals surface area contributed by atoms with Gasteiger partial charge in [-0.3, -0.25) is 0 Å². The maximum absolute atomic E-state index is 12.3. The molecule has 0 saturated heterocycles. The number of hydrogen-bond donors (Lipinski definition) is 1. The van der Waals surface area contributed by atoms with Crippen molar-refractivity contribution in [3.8, 4) is 11.8 Å². The van der Waals surface area contributed by atoms with E-state index in [0.717, 1.165) is 31.4 Å². The fourth-order valence-corrected chi connectivity index (χ4v) is 1.26. The molecule has 0 aliphatic rings. The third-order valence-corrected chi connectivity index (χ3v) is 2.20. The smallest absolute Gasteiger partial charge is 0.330 e. The molecule has 2 N–H and O–H groups in total. The molecule has 92 valence electrons. The normalized spacial score (nSPS) is 10.8. The topological polar surface area (TPSA) is 26.0 Å². The number of rotatable bonds is 3. The van der Waals surface area contributed by atoms with Gasteiger partial charge in [0, 0.05) is 12.0 Å². The summed E-state index contributed by atoms with van der Waals surface area (Å²) >= 11 is 0. The second-order valence-corrected chi connectivity index (χ2v) is 3.62. The molecule has 0 amide bonds. The van der Waals surface area contributed by atoms with Crippen molar-refractivity contribution in [2.24, 2.45) is 5.73 Å². The fraction of sp³-hybridized carbons (Fsp3) is 0.385. The van der Waals surface area contributed by atoms with Crippen LogP contribution in [-0.2, 0) is 6.18 Å². The lowest BCUT2D eigenvalue weighted by molar-refractivity contribution is -0.137. The van der Waals surface area contributed by atoms with Crippen LogP contribution in [0.4, 0.5) is 13.2 Å². The van der Waals surface area contributed by atoms with Crippen molar-refractivity contribution in [1.29, 1.82) is 0 Å². The van der Waals surface area contributed by atoms with Gasteiger partial charge in [-0.15, -0.1) is 0 Å². The number of hydrogen-bond acceptors (Lipinski definition) is 1. The predicted octanol–water partition coefficient (Wildman–Crippen LogP) is 3.19. The molecule has 0 atom stereocenters. The quantitative estimate of drug-likeness (QED) is 0.638. The Labute approximate surface area is 98.8 Å². The molecule has 0 aliphatic heterocycles. The molecule has 1 rings (SSSR count). The molecular weight excluding hydrogens is 227 g/mol. The second-order valence-electron chi connectivity index (χ2n) is 3.62. The first-order valence-electron chi connectivity index (χ1n) is 5.40. The van der Waals surface area contributed by atoms with E-state index >= 15 is 0 Å². The maximum Gasteiger partial charge on any atom is 0.416 e. The minimum atomic E-state index is -4.28. The Morgan fingerprint density at radius 2 is 1.71 bits per heavy atom. The highest BCUT2D eigenvalue weighted by atomic mass is 19.4. The van der Waals surface area contributed by atoms with Crippen LogP contribution in [0.25, 0.3) is 0 Å². The summed E-state index contributed by atoms with van der Waals surface area (Å²) in [7, 11) is 0. The summed E-state index contributed by atoms with van der Waals surface area (Å²) in [5.74, 6) is 5.73. The van der Waals surface area contributed by atoms with Gasteiger partial charge in [-0.2, -0.15) is 13.2 Å². The van der Waals surface area contributed by atoms with E-state index in [4.69, 9.17) is 5.73 Å². The van der Waals surface area contributed by atoms with E-state index in [1.807, 2.05) is 0 Å². The standard InChI is InChI=1S/C13H14F3N/c14-13(15,16)12-8-6-11(7-9-12)5-3-1-2-4-10-17/h6-9H,1-2,4,10,17H2. The van der Waals surface area contributed by atoms with Gasteiger partial charge < -0.3 is 5.73 Å². The summed E-state index contributed by atoms with van der Waals surface area (Å²) in [6.45, 7) is 0.641. The molecule has 1 nitrogen and oxygen atoms in total. The maximum atomic E-state index is 12.3. The molecule has 0 aliphatic carbocycles.